The van der Waals surface area contributed by atoms with Crippen LogP contribution in [-0.2, 0) is 0 Å². The summed E-state index contributed by atoms with van der Waals surface area (Å²) >= 11 is 0. The average molecular weight is 224 g/mol. The predicted octanol–water partition coefficient (Wildman–Crippen LogP) is 1.57. The van der Waals surface area contributed by atoms with Crippen LogP contribution in [0.1, 0.15) is 42.1 Å². The van der Waals surface area contributed by atoms with Crippen LogP contribution in [0.2, 0.25) is 0 Å². The number of carboxylic acids is 1. The summed E-state index contributed by atoms with van der Waals surface area (Å²) in [6.45, 7) is 5.17. The molecule has 1 N–H and O–H groups in total. The minimum Gasteiger partial charge on any atom is -0.476 e. The standard InChI is InChI=1S/C11H16N2O3/c1-2-13-5-3-4-8(6-13)10-12-9(7-16-10)11(14)15/h7-8H,2-6H2,1H3,(H,14,15). The van der Waals surface area contributed by atoms with Gasteiger partial charge in [-0.3, -0.25) is 0 Å². The van der Waals surface area contributed by atoms with E-state index in [1.54, 1.807) is 0 Å². The molecule has 0 saturated carbocycles. The van der Waals surface area contributed by atoms with Gasteiger partial charge in [0, 0.05) is 12.5 Å². The summed E-state index contributed by atoms with van der Waals surface area (Å²) in [6, 6.07) is 0. The number of hydrogen-bond donors (Lipinski definition) is 1. The molecule has 5 nitrogen and oxygen atoms in total. The Labute approximate surface area is 94.1 Å². The number of carboxylic acid groups (broad SMARTS) is 1. The number of oxazole rings is 1. The Morgan fingerprint density at radius 1 is 1.75 bits per heavy atom. The third kappa shape index (κ3) is 2.24. The number of hydrogen-bond acceptors (Lipinski definition) is 4. The molecule has 1 unspecified atom stereocenters. The van der Waals surface area contributed by atoms with E-state index in [2.05, 4.69) is 16.8 Å². The van der Waals surface area contributed by atoms with Crippen LogP contribution in [0.3, 0.4) is 0 Å². The lowest BCUT2D eigenvalue weighted by Gasteiger charge is -2.29. The zero-order valence-electron chi connectivity index (χ0n) is 9.35. The zero-order valence-corrected chi connectivity index (χ0v) is 9.35. The lowest BCUT2D eigenvalue weighted by atomic mass is 9.98. The third-order valence-electron chi connectivity index (χ3n) is 3.04. The Hall–Kier alpha value is -1.36. The second kappa shape index (κ2) is 4.65. The van der Waals surface area contributed by atoms with Gasteiger partial charge in [-0.15, -0.1) is 0 Å². The van der Waals surface area contributed by atoms with Gasteiger partial charge in [0.2, 0.25) is 0 Å². The Bertz CT molecular complexity index is 375. The quantitative estimate of drug-likeness (QED) is 0.844. The van der Waals surface area contributed by atoms with Crippen molar-refractivity contribution in [3.8, 4) is 0 Å². The molecule has 1 aromatic heterocycles. The average Bonchev–Trinajstić information content (AvgIpc) is 2.78. The first kappa shape index (κ1) is 11.1. The Kier molecular flexibility index (Phi) is 3.24. The second-order valence-electron chi connectivity index (χ2n) is 4.11. The van der Waals surface area contributed by atoms with Crippen molar-refractivity contribution in [2.75, 3.05) is 19.6 Å². The molecule has 5 heteroatoms. The van der Waals surface area contributed by atoms with Crippen molar-refractivity contribution in [2.45, 2.75) is 25.7 Å². The lowest BCUT2D eigenvalue weighted by molar-refractivity contribution is 0.0690. The van der Waals surface area contributed by atoms with Crippen LogP contribution in [-0.4, -0.2) is 40.6 Å². The minimum absolute atomic E-state index is 0.00335. The first-order chi connectivity index (χ1) is 7.70. The molecule has 1 saturated heterocycles. The van der Waals surface area contributed by atoms with Crippen LogP contribution >= 0.6 is 0 Å². The fourth-order valence-corrected chi connectivity index (χ4v) is 2.12. The number of rotatable bonds is 3. The van der Waals surface area contributed by atoms with Gasteiger partial charge in [0.05, 0.1) is 0 Å². The Balaban J connectivity index is 2.08. The summed E-state index contributed by atoms with van der Waals surface area (Å²) in [5.74, 6) is -0.226. The molecule has 88 valence electrons. The second-order valence-corrected chi connectivity index (χ2v) is 4.11. The summed E-state index contributed by atoms with van der Waals surface area (Å²) in [6.07, 6.45) is 3.36. The first-order valence-corrected chi connectivity index (χ1v) is 5.61. The first-order valence-electron chi connectivity index (χ1n) is 5.61. The van der Waals surface area contributed by atoms with E-state index >= 15 is 0 Å². The van der Waals surface area contributed by atoms with E-state index in [-0.39, 0.29) is 11.6 Å². The SMILES string of the molecule is CCN1CCCC(c2nc(C(=O)O)co2)C1. The topological polar surface area (TPSA) is 66.6 Å². The van der Waals surface area contributed by atoms with Gasteiger partial charge >= 0.3 is 5.97 Å². The monoisotopic (exact) mass is 224 g/mol. The molecular weight excluding hydrogens is 208 g/mol. The van der Waals surface area contributed by atoms with Gasteiger partial charge < -0.3 is 14.4 Å². The number of piperidine rings is 1. The van der Waals surface area contributed by atoms with Gasteiger partial charge in [0.15, 0.2) is 11.6 Å². The number of likely N-dealkylation sites (N-methyl/N-ethyl adjacent to an activating group) is 1. The van der Waals surface area contributed by atoms with Gasteiger partial charge in [-0.1, -0.05) is 6.92 Å². The van der Waals surface area contributed by atoms with Crippen LogP contribution in [0.5, 0.6) is 0 Å². The van der Waals surface area contributed by atoms with Crippen LogP contribution in [0, 0.1) is 0 Å². The summed E-state index contributed by atoms with van der Waals surface area (Å²) in [4.78, 5) is 17.0. The van der Waals surface area contributed by atoms with Crippen molar-refractivity contribution < 1.29 is 14.3 Å². The van der Waals surface area contributed by atoms with Crippen LogP contribution in [0.4, 0.5) is 0 Å². The molecule has 16 heavy (non-hydrogen) atoms. The van der Waals surface area contributed by atoms with Crippen molar-refractivity contribution >= 4 is 5.97 Å². The van der Waals surface area contributed by atoms with Crippen molar-refractivity contribution in [3.63, 3.8) is 0 Å². The maximum atomic E-state index is 10.7. The molecule has 0 bridgehead atoms. The van der Waals surface area contributed by atoms with Gasteiger partial charge in [-0.25, -0.2) is 9.78 Å². The van der Waals surface area contributed by atoms with Crippen molar-refractivity contribution in [1.29, 1.82) is 0 Å². The number of aromatic nitrogens is 1. The van der Waals surface area contributed by atoms with Gasteiger partial charge in [-0.2, -0.15) is 0 Å². The molecule has 0 aliphatic carbocycles. The summed E-state index contributed by atoms with van der Waals surface area (Å²) in [7, 11) is 0. The normalized spacial score (nSPS) is 22.2. The number of likely N-dealkylation sites (tertiary alicyclic amines) is 1. The Morgan fingerprint density at radius 2 is 2.56 bits per heavy atom. The van der Waals surface area contributed by atoms with E-state index in [1.165, 1.54) is 6.26 Å². The number of carbonyl (C=O) groups is 1. The third-order valence-corrected chi connectivity index (χ3v) is 3.04. The van der Waals surface area contributed by atoms with Gasteiger partial charge in [0.1, 0.15) is 6.26 Å². The molecule has 2 rings (SSSR count). The molecule has 0 amide bonds. The van der Waals surface area contributed by atoms with E-state index in [9.17, 15) is 4.79 Å². The number of aromatic carboxylic acids is 1. The van der Waals surface area contributed by atoms with Crippen molar-refractivity contribution in [3.05, 3.63) is 17.8 Å². The molecule has 1 aliphatic rings. The maximum Gasteiger partial charge on any atom is 0.357 e. The maximum absolute atomic E-state index is 10.7. The fourth-order valence-electron chi connectivity index (χ4n) is 2.12. The smallest absolute Gasteiger partial charge is 0.357 e. The Morgan fingerprint density at radius 3 is 3.19 bits per heavy atom. The van der Waals surface area contributed by atoms with Crippen molar-refractivity contribution in [2.24, 2.45) is 0 Å². The highest BCUT2D eigenvalue weighted by molar-refractivity contribution is 5.84. The van der Waals surface area contributed by atoms with Crippen LogP contribution in [0.15, 0.2) is 10.7 Å². The summed E-state index contributed by atoms with van der Waals surface area (Å²) in [5, 5.41) is 8.76. The van der Waals surface area contributed by atoms with E-state index in [0.717, 1.165) is 32.5 Å². The van der Waals surface area contributed by atoms with Crippen LogP contribution in [0.25, 0.3) is 0 Å². The van der Waals surface area contributed by atoms with E-state index in [1.807, 2.05) is 0 Å². The van der Waals surface area contributed by atoms with E-state index in [4.69, 9.17) is 9.52 Å². The highest BCUT2D eigenvalue weighted by Crippen LogP contribution is 2.26. The molecule has 1 atom stereocenters. The molecule has 2 heterocycles. The fraction of sp³-hybridized carbons (Fsp3) is 0.636. The zero-order chi connectivity index (χ0) is 11.5. The van der Waals surface area contributed by atoms with Gasteiger partial charge in [0.25, 0.3) is 0 Å². The molecule has 1 aliphatic heterocycles. The van der Waals surface area contributed by atoms with E-state index < -0.39 is 5.97 Å². The lowest BCUT2D eigenvalue weighted by Crippen LogP contribution is -2.34. The molecular formula is C11H16N2O3. The highest BCUT2D eigenvalue weighted by atomic mass is 16.4. The molecule has 0 spiro atoms. The molecule has 1 fully saturated rings. The molecule has 1 aromatic rings. The van der Waals surface area contributed by atoms with Crippen LogP contribution < -0.4 is 0 Å². The number of nitrogens with zero attached hydrogens (tertiary/aromatic N) is 2. The highest BCUT2D eigenvalue weighted by Gasteiger charge is 2.25. The summed E-state index contributed by atoms with van der Waals surface area (Å²) < 4.78 is 5.24. The molecule has 0 aromatic carbocycles. The summed E-state index contributed by atoms with van der Waals surface area (Å²) in [5.41, 5.74) is 0.00335. The minimum atomic E-state index is -1.03. The largest absolute Gasteiger partial charge is 0.476 e. The van der Waals surface area contributed by atoms with Crippen molar-refractivity contribution in [1.82, 2.24) is 9.88 Å². The van der Waals surface area contributed by atoms with Gasteiger partial charge in [-0.05, 0) is 25.9 Å². The molecule has 0 radical (unpaired) electrons. The van der Waals surface area contributed by atoms with E-state index in [0.29, 0.717) is 5.89 Å². The predicted molar refractivity (Wildman–Crippen MR) is 57.6 cm³/mol.